The second-order valence-electron chi connectivity index (χ2n) is 5.44. The van der Waals surface area contributed by atoms with Crippen LogP contribution in [0.15, 0.2) is 42.6 Å². The van der Waals surface area contributed by atoms with Gasteiger partial charge < -0.3 is 0 Å². The minimum atomic E-state index is -4.61. The molecule has 0 fully saturated rings. The van der Waals surface area contributed by atoms with Crippen molar-refractivity contribution in [3.8, 4) is 11.1 Å². The zero-order valence-electron chi connectivity index (χ0n) is 13.2. The Kier molecular flexibility index (Phi) is 3.94. The van der Waals surface area contributed by atoms with Gasteiger partial charge in [-0.3, -0.25) is 8.71 Å². The molecule has 0 aliphatic rings. The number of benzene rings is 1. The molecule has 10 heteroatoms. The molecule has 0 saturated heterocycles. The van der Waals surface area contributed by atoms with Gasteiger partial charge in [-0.15, -0.1) is 10.2 Å². The number of alkyl halides is 3. The van der Waals surface area contributed by atoms with Gasteiger partial charge in [-0.2, -0.15) is 13.2 Å². The molecule has 25 heavy (non-hydrogen) atoms. The number of nitrogens with zero attached hydrogens (tertiary/aromatic N) is 4. The number of fused-ring (bicyclic) bond motifs is 1. The number of rotatable bonds is 3. The first kappa shape index (κ1) is 17.2. The third-order valence-electron chi connectivity index (χ3n) is 3.72. The Morgan fingerprint density at radius 1 is 1.00 bits per heavy atom. The van der Waals surface area contributed by atoms with Crippen molar-refractivity contribution in [3.63, 3.8) is 0 Å². The largest absolute Gasteiger partial charge is 0.452 e. The van der Waals surface area contributed by atoms with E-state index in [0.29, 0.717) is 16.8 Å². The van der Waals surface area contributed by atoms with E-state index in [9.17, 15) is 21.6 Å². The molecule has 0 aliphatic heterocycles. The van der Waals surface area contributed by atoms with Gasteiger partial charge in [0.2, 0.25) is 15.8 Å². The summed E-state index contributed by atoms with van der Waals surface area (Å²) in [7, 11) is -1.97. The van der Waals surface area contributed by atoms with E-state index in [2.05, 4.69) is 10.2 Å². The van der Waals surface area contributed by atoms with E-state index in [-0.39, 0.29) is 5.65 Å². The molecule has 6 nitrogen and oxygen atoms in total. The normalized spacial score (nSPS) is 12.5. The first-order valence-corrected chi connectivity index (χ1v) is 8.88. The summed E-state index contributed by atoms with van der Waals surface area (Å²) in [6.07, 6.45) is -2.23. The zero-order valence-corrected chi connectivity index (χ0v) is 14.0. The van der Waals surface area contributed by atoms with Crippen molar-refractivity contribution in [1.82, 2.24) is 14.6 Å². The summed E-state index contributed by atoms with van der Waals surface area (Å²) in [6.45, 7) is 0. The van der Waals surface area contributed by atoms with Crippen molar-refractivity contribution >= 4 is 21.4 Å². The average molecular weight is 370 g/mol. The van der Waals surface area contributed by atoms with Crippen LogP contribution in [0.5, 0.6) is 0 Å². The van der Waals surface area contributed by atoms with E-state index in [0.717, 1.165) is 15.0 Å². The number of halogens is 3. The SMILES string of the molecule is CN(c1ccc(-c2ccc3nnc(C(F)(F)F)n3c2)cc1)S(C)(=O)=O. The molecular formula is C15H13F3N4O2S. The molecule has 0 N–H and O–H groups in total. The summed E-state index contributed by atoms with van der Waals surface area (Å²) in [5.74, 6) is -1.10. The van der Waals surface area contributed by atoms with Gasteiger partial charge in [-0.25, -0.2) is 8.42 Å². The molecule has 1 aromatic carbocycles. The van der Waals surface area contributed by atoms with Crippen LogP contribution in [0.4, 0.5) is 18.9 Å². The molecule has 3 rings (SSSR count). The van der Waals surface area contributed by atoms with Crippen LogP contribution in [-0.2, 0) is 16.2 Å². The first-order valence-electron chi connectivity index (χ1n) is 7.04. The molecule has 0 unspecified atom stereocenters. The summed E-state index contributed by atoms with van der Waals surface area (Å²) in [5, 5.41) is 6.68. The second-order valence-corrected chi connectivity index (χ2v) is 7.46. The highest BCUT2D eigenvalue weighted by Gasteiger charge is 2.36. The highest BCUT2D eigenvalue weighted by molar-refractivity contribution is 7.92. The lowest BCUT2D eigenvalue weighted by atomic mass is 10.1. The van der Waals surface area contributed by atoms with Crippen LogP contribution in [0.1, 0.15) is 5.82 Å². The Balaban J connectivity index is 2.02. The van der Waals surface area contributed by atoms with E-state index >= 15 is 0 Å². The van der Waals surface area contributed by atoms with E-state index < -0.39 is 22.0 Å². The zero-order chi connectivity index (χ0) is 18.4. The summed E-state index contributed by atoms with van der Waals surface area (Å²) < 4.78 is 63.9. The molecule has 3 aromatic rings. The Morgan fingerprint density at radius 3 is 2.16 bits per heavy atom. The topological polar surface area (TPSA) is 67.6 Å². The van der Waals surface area contributed by atoms with Crippen LogP contribution in [0.3, 0.4) is 0 Å². The van der Waals surface area contributed by atoms with Crippen LogP contribution in [-0.4, -0.2) is 36.3 Å². The van der Waals surface area contributed by atoms with Crippen molar-refractivity contribution in [1.29, 1.82) is 0 Å². The fourth-order valence-electron chi connectivity index (χ4n) is 2.31. The van der Waals surface area contributed by atoms with E-state index in [1.165, 1.54) is 19.3 Å². The van der Waals surface area contributed by atoms with Crippen molar-refractivity contribution in [3.05, 3.63) is 48.4 Å². The van der Waals surface area contributed by atoms with Crippen LogP contribution in [0.2, 0.25) is 0 Å². The van der Waals surface area contributed by atoms with Gasteiger partial charge in [0.15, 0.2) is 5.65 Å². The molecule has 0 amide bonds. The second kappa shape index (κ2) is 5.73. The molecule has 0 bridgehead atoms. The summed E-state index contributed by atoms with van der Waals surface area (Å²) >= 11 is 0. The lowest BCUT2D eigenvalue weighted by Crippen LogP contribution is -2.24. The maximum atomic E-state index is 13.0. The van der Waals surface area contributed by atoms with Crippen molar-refractivity contribution in [2.45, 2.75) is 6.18 Å². The predicted octanol–water partition coefficient (Wildman–Crippen LogP) is 2.81. The molecule has 132 valence electrons. The number of pyridine rings is 1. The molecule has 2 aromatic heterocycles. The average Bonchev–Trinajstić information content (AvgIpc) is 2.96. The molecule has 0 saturated carbocycles. The van der Waals surface area contributed by atoms with Gasteiger partial charge in [0.05, 0.1) is 11.9 Å². The van der Waals surface area contributed by atoms with Crippen LogP contribution < -0.4 is 4.31 Å². The van der Waals surface area contributed by atoms with Gasteiger partial charge in [-0.1, -0.05) is 12.1 Å². The highest BCUT2D eigenvalue weighted by atomic mass is 32.2. The van der Waals surface area contributed by atoms with E-state index in [1.54, 1.807) is 30.3 Å². The Morgan fingerprint density at radius 2 is 1.60 bits per heavy atom. The predicted molar refractivity (Wildman–Crippen MR) is 86.7 cm³/mol. The standard InChI is InChI=1S/C15H13F3N4O2S/c1-21(25(2,23)24)12-6-3-10(4-7-12)11-5-8-13-19-20-14(15(16,17)18)22(13)9-11/h3-9H,1-2H3. The minimum absolute atomic E-state index is 0.0875. The molecule has 0 radical (unpaired) electrons. The van der Waals surface area contributed by atoms with Crippen molar-refractivity contribution < 1.29 is 21.6 Å². The van der Waals surface area contributed by atoms with Gasteiger partial charge in [-0.05, 0) is 35.4 Å². The number of aromatic nitrogens is 3. The minimum Gasteiger partial charge on any atom is -0.278 e. The Hall–Kier alpha value is -2.62. The molecule has 0 aliphatic carbocycles. The van der Waals surface area contributed by atoms with Gasteiger partial charge in [0.1, 0.15) is 0 Å². The third kappa shape index (κ3) is 3.29. The van der Waals surface area contributed by atoms with Gasteiger partial charge >= 0.3 is 6.18 Å². The summed E-state index contributed by atoms with van der Waals surface area (Å²) in [5.41, 5.74) is 1.69. The maximum absolute atomic E-state index is 13.0. The smallest absolute Gasteiger partial charge is 0.278 e. The van der Waals surface area contributed by atoms with E-state index in [1.807, 2.05) is 0 Å². The Bertz CT molecular complexity index is 1030. The quantitative estimate of drug-likeness (QED) is 0.711. The first-order chi connectivity index (χ1) is 11.6. The van der Waals surface area contributed by atoms with Gasteiger partial charge in [0.25, 0.3) is 0 Å². The molecule has 0 spiro atoms. The van der Waals surface area contributed by atoms with E-state index in [4.69, 9.17) is 0 Å². The summed E-state index contributed by atoms with van der Waals surface area (Å²) in [4.78, 5) is 0. The van der Waals surface area contributed by atoms with Crippen LogP contribution in [0.25, 0.3) is 16.8 Å². The number of hydrogen-bond acceptors (Lipinski definition) is 4. The fraction of sp³-hybridized carbons (Fsp3) is 0.200. The van der Waals surface area contributed by atoms with Crippen LogP contribution >= 0.6 is 0 Å². The molecule has 2 heterocycles. The molecular weight excluding hydrogens is 357 g/mol. The number of anilines is 1. The van der Waals surface area contributed by atoms with Gasteiger partial charge in [0, 0.05) is 13.2 Å². The highest BCUT2D eigenvalue weighted by Crippen LogP contribution is 2.30. The van der Waals surface area contributed by atoms with Crippen LogP contribution in [0, 0.1) is 0 Å². The third-order valence-corrected chi connectivity index (χ3v) is 4.92. The van der Waals surface area contributed by atoms with Crippen molar-refractivity contribution in [2.75, 3.05) is 17.6 Å². The maximum Gasteiger partial charge on any atom is 0.452 e. The monoisotopic (exact) mass is 370 g/mol. The molecule has 0 atom stereocenters. The summed E-state index contributed by atoms with van der Waals surface area (Å²) in [6, 6.07) is 9.49. The Labute approximate surface area is 141 Å². The van der Waals surface area contributed by atoms with Crippen molar-refractivity contribution in [2.24, 2.45) is 0 Å². The number of hydrogen-bond donors (Lipinski definition) is 0. The lowest BCUT2D eigenvalue weighted by molar-refractivity contribution is -0.145. The number of sulfonamides is 1. The fourth-order valence-corrected chi connectivity index (χ4v) is 2.81. The lowest BCUT2D eigenvalue weighted by Gasteiger charge is -2.16.